The summed E-state index contributed by atoms with van der Waals surface area (Å²) in [7, 11) is 1.25. The fraction of sp³-hybridized carbons (Fsp3) is 0.538. The van der Waals surface area contributed by atoms with Crippen LogP contribution in [0.1, 0.15) is 5.56 Å². The van der Waals surface area contributed by atoms with Crippen LogP contribution >= 0.6 is 0 Å². The number of nitrogens with one attached hydrogen (secondary N) is 1. The highest BCUT2D eigenvalue weighted by atomic mass is 19.2. The van der Waals surface area contributed by atoms with E-state index in [1.807, 2.05) is 0 Å². The van der Waals surface area contributed by atoms with Gasteiger partial charge in [0, 0.05) is 38.3 Å². The van der Waals surface area contributed by atoms with Crippen LogP contribution in [0.3, 0.4) is 0 Å². The van der Waals surface area contributed by atoms with E-state index in [4.69, 9.17) is 4.74 Å². The normalized spacial score (nSPS) is 16.6. The molecule has 0 bridgehead atoms. The number of ether oxygens (including phenoxy) is 1. The average molecular weight is 274 g/mol. The molecule has 1 heterocycles. The smallest absolute Gasteiger partial charge is 0.203 e. The first kappa shape index (κ1) is 14.1. The molecule has 1 aliphatic rings. The standard InChI is InChI=1S/C13H17F3N2O/c1-19-13-9(8-10(14)11(15)12(13)16)2-5-18-6-3-17-4-7-18/h8,17H,2-7H2,1H3. The summed E-state index contributed by atoms with van der Waals surface area (Å²) in [6, 6.07) is 1.01. The zero-order valence-electron chi connectivity index (χ0n) is 10.8. The molecule has 1 aliphatic heterocycles. The van der Waals surface area contributed by atoms with Gasteiger partial charge >= 0.3 is 0 Å². The Morgan fingerprint density at radius 1 is 1.21 bits per heavy atom. The number of rotatable bonds is 4. The average Bonchev–Trinajstić information content (AvgIpc) is 2.44. The number of benzene rings is 1. The van der Waals surface area contributed by atoms with Gasteiger partial charge in [0.15, 0.2) is 17.4 Å². The van der Waals surface area contributed by atoms with E-state index in [2.05, 4.69) is 10.2 Å². The van der Waals surface area contributed by atoms with Gasteiger partial charge in [0.25, 0.3) is 0 Å². The minimum atomic E-state index is -1.48. The Morgan fingerprint density at radius 3 is 2.53 bits per heavy atom. The van der Waals surface area contributed by atoms with Gasteiger partial charge in [0.1, 0.15) is 0 Å². The maximum absolute atomic E-state index is 13.5. The second-order valence-corrected chi connectivity index (χ2v) is 4.52. The van der Waals surface area contributed by atoms with E-state index in [9.17, 15) is 13.2 Å². The molecule has 2 rings (SSSR count). The number of nitrogens with zero attached hydrogens (tertiary/aromatic N) is 1. The Balaban J connectivity index is 2.10. The van der Waals surface area contributed by atoms with Crippen molar-refractivity contribution in [3.05, 3.63) is 29.1 Å². The molecule has 106 valence electrons. The van der Waals surface area contributed by atoms with Gasteiger partial charge in [0.05, 0.1) is 7.11 Å². The molecule has 3 nitrogen and oxygen atoms in total. The number of methoxy groups -OCH3 is 1. The monoisotopic (exact) mass is 274 g/mol. The predicted molar refractivity (Wildman–Crippen MR) is 65.9 cm³/mol. The van der Waals surface area contributed by atoms with Gasteiger partial charge in [0.2, 0.25) is 5.82 Å². The van der Waals surface area contributed by atoms with Crippen molar-refractivity contribution in [1.29, 1.82) is 0 Å². The molecule has 1 aromatic carbocycles. The summed E-state index contributed by atoms with van der Waals surface area (Å²) in [5.74, 6) is -4.11. The molecule has 0 aromatic heterocycles. The zero-order chi connectivity index (χ0) is 13.8. The van der Waals surface area contributed by atoms with Gasteiger partial charge in [-0.2, -0.15) is 4.39 Å². The lowest BCUT2D eigenvalue weighted by Crippen LogP contribution is -2.44. The van der Waals surface area contributed by atoms with Crippen molar-refractivity contribution in [2.45, 2.75) is 6.42 Å². The number of piperazine rings is 1. The summed E-state index contributed by atoms with van der Waals surface area (Å²) >= 11 is 0. The van der Waals surface area contributed by atoms with Gasteiger partial charge in [-0.3, -0.25) is 0 Å². The number of hydrogen-bond acceptors (Lipinski definition) is 3. The maximum Gasteiger partial charge on any atom is 0.203 e. The number of halogens is 3. The first-order chi connectivity index (χ1) is 9.13. The van der Waals surface area contributed by atoms with Crippen molar-refractivity contribution in [3.63, 3.8) is 0 Å². The van der Waals surface area contributed by atoms with E-state index in [-0.39, 0.29) is 5.75 Å². The molecule has 0 unspecified atom stereocenters. The van der Waals surface area contributed by atoms with E-state index in [1.165, 1.54) is 7.11 Å². The lowest BCUT2D eigenvalue weighted by Gasteiger charge is -2.27. The molecule has 0 atom stereocenters. The first-order valence-electron chi connectivity index (χ1n) is 6.27. The molecule has 0 radical (unpaired) electrons. The van der Waals surface area contributed by atoms with Crippen molar-refractivity contribution in [2.24, 2.45) is 0 Å². The van der Waals surface area contributed by atoms with Crippen LogP contribution in [0.25, 0.3) is 0 Å². The molecule has 6 heteroatoms. The summed E-state index contributed by atoms with van der Waals surface area (Å²) in [5, 5.41) is 3.23. The molecule has 0 saturated carbocycles. The molecule has 0 spiro atoms. The molecule has 1 N–H and O–H groups in total. The highest BCUT2D eigenvalue weighted by Gasteiger charge is 2.20. The van der Waals surface area contributed by atoms with E-state index in [1.54, 1.807) is 0 Å². The van der Waals surface area contributed by atoms with Crippen LogP contribution in [0, 0.1) is 17.5 Å². The fourth-order valence-electron chi connectivity index (χ4n) is 2.25. The van der Waals surface area contributed by atoms with Crippen molar-refractivity contribution in [3.8, 4) is 5.75 Å². The Bertz CT molecular complexity index is 448. The van der Waals surface area contributed by atoms with Crippen LogP contribution in [0.5, 0.6) is 5.75 Å². The highest BCUT2D eigenvalue weighted by molar-refractivity contribution is 5.36. The third-order valence-corrected chi connectivity index (χ3v) is 3.31. The van der Waals surface area contributed by atoms with Crippen LogP contribution in [0.4, 0.5) is 13.2 Å². The molecule has 19 heavy (non-hydrogen) atoms. The molecule has 1 saturated heterocycles. The largest absolute Gasteiger partial charge is 0.493 e. The second kappa shape index (κ2) is 6.25. The molecule has 1 fully saturated rings. The van der Waals surface area contributed by atoms with Crippen LogP contribution in [-0.4, -0.2) is 44.7 Å². The number of hydrogen-bond donors (Lipinski definition) is 1. The predicted octanol–water partition coefficient (Wildman–Crippen LogP) is 1.56. The summed E-state index contributed by atoms with van der Waals surface area (Å²) in [5.41, 5.74) is 0.359. The minimum absolute atomic E-state index is 0.200. The maximum atomic E-state index is 13.5. The molecular formula is C13H17F3N2O. The molecular weight excluding hydrogens is 257 g/mol. The van der Waals surface area contributed by atoms with E-state index in [0.29, 0.717) is 18.5 Å². The first-order valence-corrected chi connectivity index (χ1v) is 6.27. The van der Waals surface area contributed by atoms with Gasteiger partial charge in [-0.15, -0.1) is 0 Å². The zero-order valence-corrected chi connectivity index (χ0v) is 10.8. The van der Waals surface area contributed by atoms with Gasteiger partial charge in [-0.1, -0.05) is 0 Å². The molecule has 0 aliphatic carbocycles. The van der Waals surface area contributed by atoms with Gasteiger partial charge in [-0.05, 0) is 12.5 Å². The minimum Gasteiger partial charge on any atom is -0.493 e. The third-order valence-electron chi connectivity index (χ3n) is 3.31. The second-order valence-electron chi connectivity index (χ2n) is 4.52. The van der Waals surface area contributed by atoms with Crippen molar-refractivity contribution >= 4 is 0 Å². The van der Waals surface area contributed by atoms with Crippen molar-refractivity contribution in [1.82, 2.24) is 10.2 Å². The Morgan fingerprint density at radius 2 is 1.89 bits per heavy atom. The summed E-state index contributed by atoms with van der Waals surface area (Å²) in [6.45, 7) is 4.28. The summed E-state index contributed by atoms with van der Waals surface area (Å²) in [4.78, 5) is 2.19. The Hall–Kier alpha value is -1.27. The highest BCUT2D eigenvalue weighted by Crippen LogP contribution is 2.27. The van der Waals surface area contributed by atoms with Crippen molar-refractivity contribution < 1.29 is 17.9 Å². The van der Waals surface area contributed by atoms with Gasteiger partial charge < -0.3 is 15.0 Å². The van der Waals surface area contributed by atoms with Crippen LogP contribution < -0.4 is 10.1 Å². The third kappa shape index (κ3) is 3.19. The van der Waals surface area contributed by atoms with E-state index >= 15 is 0 Å². The topological polar surface area (TPSA) is 24.5 Å². The Kier molecular flexibility index (Phi) is 4.66. The quantitative estimate of drug-likeness (QED) is 0.843. The molecule has 0 amide bonds. The SMILES string of the molecule is COc1c(CCN2CCNCC2)cc(F)c(F)c1F. The lowest BCUT2D eigenvalue weighted by molar-refractivity contribution is 0.242. The van der Waals surface area contributed by atoms with Crippen molar-refractivity contribution in [2.75, 3.05) is 39.8 Å². The molecule has 1 aromatic rings. The van der Waals surface area contributed by atoms with Crippen LogP contribution in [0.2, 0.25) is 0 Å². The van der Waals surface area contributed by atoms with E-state index < -0.39 is 17.5 Å². The summed E-state index contributed by atoms with van der Waals surface area (Å²) in [6.07, 6.45) is 0.428. The Labute approximate surface area is 110 Å². The lowest BCUT2D eigenvalue weighted by atomic mass is 10.1. The van der Waals surface area contributed by atoms with E-state index in [0.717, 1.165) is 32.2 Å². The van der Waals surface area contributed by atoms with Crippen LogP contribution in [0.15, 0.2) is 6.07 Å². The van der Waals surface area contributed by atoms with Gasteiger partial charge in [-0.25, -0.2) is 8.78 Å². The van der Waals surface area contributed by atoms with Crippen LogP contribution in [-0.2, 0) is 6.42 Å². The summed E-state index contributed by atoms with van der Waals surface area (Å²) < 4.78 is 44.7. The fourth-order valence-corrected chi connectivity index (χ4v) is 2.25.